The lowest BCUT2D eigenvalue weighted by Crippen LogP contribution is -2.03. The molecule has 0 aliphatic carbocycles. The van der Waals surface area contributed by atoms with Crippen LogP contribution in [0.15, 0.2) is 71.9 Å². The van der Waals surface area contributed by atoms with Gasteiger partial charge in [0.05, 0.1) is 12.3 Å². The minimum Gasteiger partial charge on any atom is -0.493 e. The Morgan fingerprint density at radius 3 is 2.42 bits per heavy atom. The monoisotopic (exact) mass is 348 g/mol. The van der Waals surface area contributed by atoms with E-state index >= 15 is 0 Å². The largest absolute Gasteiger partial charge is 0.493 e. The summed E-state index contributed by atoms with van der Waals surface area (Å²) in [5.74, 6) is 0.552. The summed E-state index contributed by atoms with van der Waals surface area (Å²) in [6.07, 6.45) is 5.44. The van der Waals surface area contributed by atoms with Gasteiger partial charge in [-0.2, -0.15) is 0 Å². The molecule has 0 aliphatic rings. The number of aromatic nitrogens is 1. The molecule has 132 valence electrons. The Morgan fingerprint density at radius 2 is 1.77 bits per heavy atom. The number of pyridine rings is 1. The van der Waals surface area contributed by atoms with Gasteiger partial charge in [0.15, 0.2) is 0 Å². The molecule has 3 aromatic rings. The van der Waals surface area contributed by atoms with E-state index in [0.717, 1.165) is 29.8 Å². The third-order valence-corrected chi connectivity index (χ3v) is 3.99. The molecule has 0 spiro atoms. The quantitative estimate of drug-likeness (QED) is 0.553. The fraction of sp³-hybridized carbons (Fsp3) is 0.182. The van der Waals surface area contributed by atoms with E-state index in [4.69, 9.17) is 4.74 Å². The van der Waals surface area contributed by atoms with Crippen LogP contribution < -0.4 is 4.74 Å². The first-order valence-corrected chi connectivity index (χ1v) is 8.69. The van der Waals surface area contributed by atoms with E-state index in [2.05, 4.69) is 29.0 Å². The first-order valence-electron chi connectivity index (χ1n) is 8.69. The van der Waals surface area contributed by atoms with Gasteiger partial charge in [-0.15, -0.1) is 0 Å². The Labute approximate surface area is 153 Å². The summed E-state index contributed by atoms with van der Waals surface area (Å²) < 4.78 is 18.6. The fourth-order valence-electron chi connectivity index (χ4n) is 2.41. The number of halogens is 1. The number of nitrogens with zero attached hydrogens (tertiary/aromatic N) is 2. The number of aliphatic imine (C=N–C) groups is 1. The van der Waals surface area contributed by atoms with Crippen molar-refractivity contribution in [1.82, 2.24) is 4.98 Å². The van der Waals surface area contributed by atoms with E-state index in [9.17, 15) is 4.39 Å². The first-order chi connectivity index (χ1) is 12.7. The Balaban J connectivity index is 1.50. The Kier molecular flexibility index (Phi) is 6.09. The van der Waals surface area contributed by atoms with Crippen molar-refractivity contribution in [2.45, 2.75) is 19.8 Å². The molecule has 0 atom stereocenters. The zero-order chi connectivity index (χ0) is 18.2. The van der Waals surface area contributed by atoms with Crippen molar-refractivity contribution in [2.75, 3.05) is 6.61 Å². The molecule has 3 rings (SSSR count). The Hall–Kier alpha value is -3.01. The van der Waals surface area contributed by atoms with Crippen LogP contribution in [-0.2, 0) is 12.8 Å². The lowest BCUT2D eigenvalue weighted by molar-refractivity contribution is 0.320. The van der Waals surface area contributed by atoms with Gasteiger partial charge in [0.1, 0.15) is 11.6 Å². The maximum atomic E-state index is 12.9. The predicted molar refractivity (Wildman–Crippen MR) is 103 cm³/mol. The third-order valence-electron chi connectivity index (χ3n) is 3.99. The number of ether oxygens (including phenoxy) is 1. The van der Waals surface area contributed by atoms with Gasteiger partial charge in [-0.05, 0) is 72.1 Å². The van der Waals surface area contributed by atoms with Crippen LogP contribution in [0.5, 0.6) is 5.75 Å². The van der Waals surface area contributed by atoms with Gasteiger partial charge in [-0.25, -0.2) is 4.39 Å². The fourth-order valence-corrected chi connectivity index (χ4v) is 2.41. The van der Waals surface area contributed by atoms with Gasteiger partial charge in [-0.3, -0.25) is 9.98 Å². The summed E-state index contributed by atoms with van der Waals surface area (Å²) in [6, 6.07) is 18.0. The number of hydrogen-bond donors (Lipinski definition) is 0. The van der Waals surface area contributed by atoms with Crippen LogP contribution >= 0.6 is 0 Å². The van der Waals surface area contributed by atoms with Gasteiger partial charge >= 0.3 is 0 Å². The minimum absolute atomic E-state index is 0.262. The molecular weight excluding hydrogens is 327 g/mol. The summed E-state index contributed by atoms with van der Waals surface area (Å²) in [6.45, 7) is 2.70. The first kappa shape index (κ1) is 17.8. The normalized spacial score (nSPS) is 11.0. The van der Waals surface area contributed by atoms with Crippen molar-refractivity contribution in [2.24, 2.45) is 4.99 Å². The van der Waals surface area contributed by atoms with Crippen molar-refractivity contribution < 1.29 is 9.13 Å². The third kappa shape index (κ3) is 5.24. The maximum absolute atomic E-state index is 12.9. The van der Waals surface area contributed by atoms with Crippen molar-refractivity contribution in [3.05, 3.63) is 89.5 Å². The molecule has 4 heteroatoms. The molecule has 0 saturated heterocycles. The van der Waals surface area contributed by atoms with E-state index in [1.54, 1.807) is 18.3 Å². The van der Waals surface area contributed by atoms with Crippen molar-refractivity contribution in [3.63, 3.8) is 0 Å². The molecular formula is C22H21FN2O. The number of rotatable bonds is 7. The summed E-state index contributed by atoms with van der Waals surface area (Å²) in [5.41, 5.74) is 3.95. The zero-order valence-corrected chi connectivity index (χ0v) is 14.7. The molecule has 0 radical (unpaired) electrons. The average molecular weight is 348 g/mol. The molecule has 0 bridgehead atoms. The van der Waals surface area contributed by atoms with Crippen LogP contribution in [0.2, 0.25) is 0 Å². The smallest absolute Gasteiger partial charge is 0.123 e. The highest BCUT2D eigenvalue weighted by atomic mass is 19.1. The van der Waals surface area contributed by atoms with Crippen LogP contribution in [0.4, 0.5) is 10.1 Å². The highest BCUT2D eigenvalue weighted by molar-refractivity contribution is 5.82. The zero-order valence-electron chi connectivity index (χ0n) is 14.7. The molecule has 0 unspecified atom stereocenters. The van der Waals surface area contributed by atoms with Gasteiger partial charge in [0, 0.05) is 24.5 Å². The second kappa shape index (κ2) is 8.90. The van der Waals surface area contributed by atoms with E-state index in [1.807, 2.05) is 30.5 Å². The lowest BCUT2D eigenvalue weighted by Gasteiger charge is -2.06. The van der Waals surface area contributed by atoms with Crippen LogP contribution in [-0.4, -0.2) is 17.8 Å². The highest BCUT2D eigenvalue weighted by Crippen LogP contribution is 2.15. The predicted octanol–water partition coefficient (Wildman–Crippen LogP) is 5.16. The Morgan fingerprint density at radius 1 is 1.00 bits per heavy atom. The van der Waals surface area contributed by atoms with Crippen LogP contribution in [0, 0.1) is 5.82 Å². The highest BCUT2D eigenvalue weighted by Gasteiger charge is 1.98. The molecule has 0 amide bonds. The SMILES string of the molecule is CCc1ccc(CCOc2ccc(C=Nc3ccc(F)cc3)cc2)nc1. The summed E-state index contributed by atoms with van der Waals surface area (Å²) in [7, 11) is 0. The summed E-state index contributed by atoms with van der Waals surface area (Å²) >= 11 is 0. The van der Waals surface area contributed by atoms with Gasteiger partial charge in [0.2, 0.25) is 0 Å². The second-order valence-electron chi connectivity index (χ2n) is 5.91. The van der Waals surface area contributed by atoms with Crippen LogP contribution in [0.3, 0.4) is 0 Å². The van der Waals surface area contributed by atoms with Gasteiger partial charge < -0.3 is 4.74 Å². The Bertz CT molecular complexity index is 841. The van der Waals surface area contributed by atoms with Crippen molar-refractivity contribution in [1.29, 1.82) is 0 Å². The van der Waals surface area contributed by atoms with Gasteiger partial charge in [0.25, 0.3) is 0 Å². The molecule has 0 fully saturated rings. The van der Waals surface area contributed by atoms with Crippen LogP contribution in [0.25, 0.3) is 0 Å². The minimum atomic E-state index is -0.262. The standard InChI is InChI=1S/C22H21FN2O/c1-2-17-3-8-21(24-15-17)13-14-26-22-11-4-18(5-12-22)16-25-20-9-6-19(23)7-10-20/h3-12,15-16H,2,13-14H2,1H3. The van der Waals surface area contributed by atoms with Gasteiger partial charge in [-0.1, -0.05) is 13.0 Å². The van der Waals surface area contributed by atoms with E-state index < -0.39 is 0 Å². The van der Waals surface area contributed by atoms with E-state index in [-0.39, 0.29) is 5.82 Å². The molecule has 1 aromatic heterocycles. The van der Waals surface area contributed by atoms with Crippen LogP contribution in [0.1, 0.15) is 23.7 Å². The average Bonchev–Trinajstić information content (AvgIpc) is 2.69. The second-order valence-corrected chi connectivity index (χ2v) is 5.91. The summed E-state index contributed by atoms with van der Waals surface area (Å²) in [5, 5.41) is 0. The van der Waals surface area contributed by atoms with E-state index in [1.165, 1.54) is 17.7 Å². The van der Waals surface area contributed by atoms with Crippen molar-refractivity contribution in [3.8, 4) is 5.75 Å². The molecule has 0 N–H and O–H groups in total. The molecule has 2 aromatic carbocycles. The molecule has 3 nitrogen and oxygen atoms in total. The van der Waals surface area contributed by atoms with Crippen molar-refractivity contribution >= 4 is 11.9 Å². The number of hydrogen-bond acceptors (Lipinski definition) is 3. The summed E-state index contributed by atoms with van der Waals surface area (Å²) in [4.78, 5) is 8.75. The number of benzene rings is 2. The topological polar surface area (TPSA) is 34.5 Å². The molecule has 0 aliphatic heterocycles. The lowest BCUT2D eigenvalue weighted by atomic mass is 10.2. The molecule has 1 heterocycles. The number of aryl methyl sites for hydroxylation is 1. The maximum Gasteiger partial charge on any atom is 0.123 e. The molecule has 0 saturated carbocycles. The molecule has 26 heavy (non-hydrogen) atoms. The van der Waals surface area contributed by atoms with E-state index in [0.29, 0.717) is 12.3 Å².